The van der Waals surface area contributed by atoms with Gasteiger partial charge in [-0.05, 0) is 31.5 Å². The molecule has 1 fully saturated rings. The van der Waals surface area contributed by atoms with Gasteiger partial charge < -0.3 is 24.4 Å². The lowest BCUT2D eigenvalue weighted by Gasteiger charge is -2.34. The first-order valence-electron chi connectivity index (χ1n) is 10.8. The summed E-state index contributed by atoms with van der Waals surface area (Å²) in [5, 5.41) is 12.4. The summed E-state index contributed by atoms with van der Waals surface area (Å²) in [6.45, 7) is 8.82. The standard InChI is InChI=1S/C23H29ClN6O2/c1-15(2)30-14-19-20(22(30)32)25-23(29-11-9-28(10-12-29)16(3)31)26-21(19)27(4)13-17-5-7-18(24)8-6-17/h5-8,14-15,32H,9-13H2,1-4H3. The number of aromatic hydroxyl groups is 1. The molecule has 0 spiro atoms. The molecule has 1 aliphatic heterocycles. The second-order valence-electron chi connectivity index (χ2n) is 8.54. The van der Waals surface area contributed by atoms with Gasteiger partial charge in [-0.1, -0.05) is 23.7 Å². The zero-order chi connectivity index (χ0) is 23.0. The highest BCUT2D eigenvalue weighted by atomic mass is 35.5. The van der Waals surface area contributed by atoms with Crippen LogP contribution in [0.3, 0.4) is 0 Å². The minimum Gasteiger partial charge on any atom is -0.493 e. The van der Waals surface area contributed by atoms with Crippen LogP contribution in [0.2, 0.25) is 5.02 Å². The Morgan fingerprint density at radius 2 is 1.81 bits per heavy atom. The lowest BCUT2D eigenvalue weighted by Crippen LogP contribution is -2.48. The fraction of sp³-hybridized carbons (Fsp3) is 0.435. The van der Waals surface area contributed by atoms with Crippen LogP contribution in [0.5, 0.6) is 5.88 Å². The Bertz CT molecular complexity index is 1120. The maximum Gasteiger partial charge on any atom is 0.228 e. The molecule has 0 atom stereocenters. The molecule has 4 rings (SSSR count). The average molecular weight is 457 g/mol. The maximum absolute atomic E-state index is 11.7. The molecule has 1 saturated heterocycles. The highest BCUT2D eigenvalue weighted by Crippen LogP contribution is 2.35. The minimum atomic E-state index is 0.0797. The second-order valence-corrected chi connectivity index (χ2v) is 8.98. The predicted molar refractivity (Wildman–Crippen MR) is 128 cm³/mol. The number of fused-ring (bicyclic) bond motifs is 1. The van der Waals surface area contributed by atoms with Gasteiger partial charge in [0.2, 0.25) is 17.7 Å². The summed E-state index contributed by atoms with van der Waals surface area (Å²) in [4.78, 5) is 27.3. The van der Waals surface area contributed by atoms with Crippen LogP contribution >= 0.6 is 11.6 Å². The molecular weight excluding hydrogens is 428 g/mol. The number of aromatic nitrogens is 3. The van der Waals surface area contributed by atoms with Crippen molar-refractivity contribution in [2.45, 2.75) is 33.4 Å². The van der Waals surface area contributed by atoms with Crippen molar-refractivity contribution in [3.8, 4) is 5.88 Å². The Morgan fingerprint density at radius 3 is 2.41 bits per heavy atom. The molecule has 32 heavy (non-hydrogen) atoms. The van der Waals surface area contributed by atoms with Crippen LogP contribution in [0.25, 0.3) is 10.9 Å². The number of anilines is 2. The molecule has 170 valence electrons. The van der Waals surface area contributed by atoms with Crippen molar-refractivity contribution < 1.29 is 9.90 Å². The number of nitrogens with zero attached hydrogens (tertiary/aromatic N) is 6. The highest BCUT2D eigenvalue weighted by Gasteiger charge is 2.25. The third kappa shape index (κ3) is 4.32. The summed E-state index contributed by atoms with van der Waals surface area (Å²) >= 11 is 6.03. The molecule has 9 heteroatoms. The van der Waals surface area contributed by atoms with Crippen molar-refractivity contribution in [3.05, 3.63) is 41.0 Å². The number of carbonyl (C=O) groups is 1. The van der Waals surface area contributed by atoms with Crippen LogP contribution < -0.4 is 9.80 Å². The van der Waals surface area contributed by atoms with Gasteiger partial charge >= 0.3 is 0 Å². The Morgan fingerprint density at radius 1 is 1.16 bits per heavy atom. The van der Waals surface area contributed by atoms with E-state index in [1.165, 1.54) is 0 Å². The number of piperazine rings is 1. The van der Waals surface area contributed by atoms with Crippen molar-refractivity contribution in [1.82, 2.24) is 19.4 Å². The molecule has 1 aliphatic rings. The number of rotatable bonds is 5. The SMILES string of the molecule is CC(=O)N1CCN(c2nc(N(C)Cc3ccc(Cl)cc3)c3cn(C(C)C)c(O)c3n2)CC1. The summed E-state index contributed by atoms with van der Waals surface area (Å²) in [6.07, 6.45) is 1.92. The van der Waals surface area contributed by atoms with E-state index in [4.69, 9.17) is 21.6 Å². The zero-order valence-corrected chi connectivity index (χ0v) is 19.7. The number of halogens is 1. The van der Waals surface area contributed by atoms with E-state index in [-0.39, 0.29) is 17.8 Å². The smallest absolute Gasteiger partial charge is 0.228 e. The summed E-state index contributed by atoms with van der Waals surface area (Å²) in [5.41, 5.74) is 1.64. The molecule has 0 aliphatic carbocycles. The first-order valence-corrected chi connectivity index (χ1v) is 11.2. The Kier molecular flexibility index (Phi) is 6.15. The Balaban J connectivity index is 1.73. The molecule has 0 bridgehead atoms. The molecule has 3 aromatic rings. The maximum atomic E-state index is 11.7. The third-order valence-electron chi connectivity index (χ3n) is 5.90. The monoisotopic (exact) mass is 456 g/mol. The van der Waals surface area contributed by atoms with Crippen LogP contribution in [0, 0.1) is 0 Å². The van der Waals surface area contributed by atoms with Crippen molar-refractivity contribution in [1.29, 1.82) is 0 Å². The van der Waals surface area contributed by atoms with Crippen molar-refractivity contribution in [2.24, 2.45) is 0 Å². The van der Waals surface area contributed by atoms with Crippen LogP contribution in [-0.2, 0) is 11.3 Å². The fourth-order valence-electron chi connectivity index (χ4n) is 4.04. The van der Waals surface area contributed by atoms with Crippen molar-refractivity contribution in [3.63, 3.8) is 0 Å². The van der Waals surface area contributed by atoms with Gasteiger partial charge in [0.1, 0.15) is 11.3 Å². The van der Waals surface area contributed by atoms with Gasteiger partial charge in [0.25, 0.3) is 0 Å². The van der Waals surface area contributed by atoms with Gasteiger partial charge in [0, 0.05) is 64.0 Å². The average Bonchev–Trinajstić information content (AvgIpc) is 3.11. The quantitative estimate of drug-likeness (QED) is 0.631. The molecule has 1 aromatic carbocycles. The van der Waals surface area contributed by atoms with E-state index in [0.717, 1.165) is 16.8 Å². The van der Waals surface area contributed by atoms with E-state index in [1.807, 2.05) is 60.8 Å². The van der Waals surface area contributed by atoms with Crippen LogP contribution in [0.15, 0.2) is 30.5 Å². The Labute approximate surface area is 193 Å². The van der Waals surface area contributed by atoms with Crippen LogP contribution in [0.1, 0.15) is 32.4 Å². The molecule has 0 radical (unpaired) electrons. The first kappa shape index (κ1) is 22.2. The zero-order valence-electron chi connectivity index (χ0n) is 18.9. The van der Waals surface area contributed by atoms with Gasteiger partial charge in [-0.2, -0.15) is 4.98 Å². The molecule has 0 unspecified atom stereocenters. The lowest BCUT2D eigenvalue weighted by atomic mass is 10.2. The number of hydrogen-bond donors (Lipinski definition) is 1. The van der Waals surface area contributed by atoms with E-state index in [0.29, 0.717) is 49.2 Å². The van der Waals surface area contributed by atoms with E-state index >= 15 is 0 Å². The van der Waals surface area contributed by atoms with Gasteiger partial charge in [-0.25, -0.2) is 4.98 Å². The number of benzene rings is 1. The number of amides is 1. The topological polar surface area (TPSA) is 77.7 Å². The van der Waals surface area contributed by atoms with Crippen molar-refractivity contribution >= 4 is 40.2 Å². The largest absolute Gasteiger partial charge is 0.493 e. The Hall–Kier alpha value is -3.00. The molecule has 0 saturated carbocycles. The van der Waals surface area contributed by atoms with Gasteiger partial charge in [0.15, 0.2) is 0 Å². The van der Waals surface area contributed by atoms with E-state index in [9.17, 15) is 9.90 Å². The van der Waals surface area contributed by atoms with Gasteiger partial charge in [0.05, 0.1) is 5.39 Å². The highest BCUT2D eigenvalue weighted by molar-refractivity contribution is 6.30. The molecular formula is C23H29ClN6O2. The minimum absolute atomic E-state index is 0.0797. The molecule has 3 heterocycles. The second kappa shape index (κ2) is 8.86. The summed E-state index contributed by atoms with van der Waals surface area (Å²) in [5.74, 6) is 1.54. The van der Waals surface area contributed by atoms with Crippen LogP contribution in [-0.4, -0.2) is 63.7 Å². The molecule has 1 amide bonds. The van der Waals surface area contributed by atoms with E-state index in [2.05, 4.69) is 9.80 Å². The molecule has 1 N–H and O–H groups in total. The molecule has 2 aromatic heterocycles. The van der Waals surface area contributed by atoms with Crippen LogP contribution in [0.4, 0.5) is 11.8 Å². The lowest BCUT2D eigenvalue weighted by molar-refractivity contribution is -0.129. The fourth-order valence-corrected chi connectivity index (χ4v) is 4.17. The van der Waals surface area contributed by atoms with Gasteiger partial charge in [-0.15, -0.1) is 0 Å². The predicted octanol–water partition coefficient (Wildman–Crippen LogP) is 3.68. The first-order chi connectivity index (χ1) is 15.2. The number of carbonyl (C=O) groups excluding carboxylic acids is 1. The summed E-state index contributed by atoms with van der Waals surface area (Å²) in [6, 6.07) is 7.83. The molecule has 8 nitrogen and oxygen atoms in total. The van der Waals surface area contributed by atoms with Gasteiger partial charge in [-0.3, -0.25) is 4.79 Å². The third-order valence-corrected chi connectivity index (χ3v) is 6.15. The van der Waals surface area contributed by atoms with E-state index < -0.39 is 0 Å². The van der Waals surface area contributed by atoms with Crippen molar-refractivity contribution in [2.75, 3.05) is 43.0 Å². The summed E-state index contributed by atoms with van der Waals surface area (Å²) < 4.78 is 1.82. The van der Waals surface area contributed by atoms with E-state index in [1.54, 1.807) is 6.92 Å². The summed E-state index contributed by atoms with van der Waals surface area (Å²) in [7, 11) is 1.98. The normalized spacial score (nSPS) is 14.4. The number of hydrogen-bond acceptors (Lipinski definition) is 6.